The van der Waals surface area contributed by atoms with Gasteiger partial charge in [-0.25, -0.2) is 0 Å². The van der Waals surface area contributed by atoms with E-state index in [-0.39, 0.29) is 12.6 Å². The van der Waals surface area contributed by atoms with Crippen molar-refractivity contribution in [3.8, 4) is 0 Å². The van der Waals surface area contributed by atoms with Crippen LogP contribution in [0.2, 0.25) is 0 Å². The van der Waals surface area contributed by atoms with Crippen molar-refractivity contribution in [2.45, 2.75) is 18.5 Å². The van der Waals surface area contributed by atoms with Crippen LogP contribution in [-0.2, 0) is 4.79 Å². The number of carbonyl (C=O) groups is 1. The summed E-state index contributed by atoms with van der Waals surface area (Å²) in [6.07, 6.45) is 0. The fourth-order valence-electron chi connectivity index (χ4n) is 1.21. The van der Waals surface area contributed by atoms with Crippen molar-refractivity contribution in [3.63, 3.8) is 0 Å². The molecule has 70 valence electrons. The molecular weight excluding hydrogens is 160 g/mol. The second-order valence-corrected chi connectivity index (χ2v) is 3.22. The number of hydrogen-bond acceptors (Lipinski definition) is 4. The van der Waals surface area contributed by atoms with Gasteiger partial charge in [0.2, 0.25) is 0 Å². The Morgan fingerprint density at radius 2 is 2.33 bits per heavy atom. The topological polar surface area (TPSA) is 81.6 Å². The van der Waals surface area contributed by atoms with Crippen molar-refractivity contribution in [1.29, 1.82) is 0 Å². The highest BCUT2D eigenvalue weighted by Gasteiger charge is 2.44. The third-order valence-corrected chi connectivity index (χ3v) is 2.06. The van der Waals surface area contributed by atoms with E-state index in [0.717, 1.165) is 0 Å². The molecule has 1 rings (SSSR count). The molecular formula is C7H14N2O3. The van der Waals surface area contributed by atoms with Crippen LogP contribution >= 0.6 is 0 Å². The second-order valence-electron chi connectivity index (χ2n) is 3.22. The lowest BCUT2D eigenvalue weighted by molar-refractivity contribution is -0.147. The van der Waals surface area contributed by atoms with Crippen LogP contribution in [-0.4, -0.2) is 47.5 Å². The molecule has 0 spiro atoms. The van der Waals surface area contributed by atoms with E-state index in [9.17, 15) is 4.79 Å². The Morgan fingerprint density at radius 3 is 2.58 bits per heavy atom. The van der Waals surface area contributed by atoms with Crippen LogP contribution in [0.25, 0.3) is 0 Å². The highest BCUT2D eigenvalue weighted by atomic mass is 16.4. The SMILES string of the molecule is CC(CO)NC1(C(=O)O)CNC1. The minimum atomic E-state index is -0.860. The molecule has 0 radical (unpaired) electrons. The van der Waals surface area contributed by atoms with Crippen LogP contribution in [0.4, 0.5) is 0 Å². The van der Waals surface area contributed by atoms with Crippen molar-refractivity contribution < 1.29 is 15.0 Å². The molecule has 0 saturated carbocycles. The van der Waals surface area contributed by atoms with Crippen LogP contribution < -0.4 is 10.6 Å². The maximum absolute atomic E-state index is 10.8. The normalized spacial score (nSPS) is 22.8. The summed E-state index contributed by atoms with van der Waals surface area (Å²) >= 11 is 0. The molecule has 0 bridgehead atoms. The number of nitrogens with one attached hydrogen (secondary N) is 2. The average molecular weight is 174 g/mol. The van der Waals surface area contributed by atoms with Crippen molar-refractivity contribution >= 4 is 5.97 Å². The van der Waals surface area contributed by atoms with E-state index < -0.39 is 11.5 Å². The van der Waals surface area contributed by atoms with Crippen LogP contribution in [0.15, 0.2) is 0 Å². The van der Waals surface area contributed by atoms with E-state index in [4.69, 9.17) is 10.2 Å². The van der Waals surface area contributed by atoms with Crippen LogP contribution in [0, 0.1) is 0 Å². The molecule has 5 nitrogen and oxygen atoms in total. The zero-order valence-electron chi connectivity index (χ0n) is 7.00. The van der Waals surface area contributed by atoms with Gasteiger partial charge in [0.15, 0.2) is 0 Å². The average Bonchev–Trinajstić information content (AvgIpc) is 1.95. The van der Waals surface area contributed by atoms with Gasteiger partial charge in [0, 0.05) is 19.1 Å². The molecule has 1 heterocycles. The molecule has 1 aliphatic rings. The summed E-state index contributed by atoms with van der Waals surface area (Å²) in [5.74, 6) is -0.860. The maximum Gasteiger partial charge on any atom is 0.326 e. The van der Waals surface area contributed by atoms with Gasteiger partial charge in [0.05, 0.1) is 6.61 Å². The number of rotatable bonds is 4. The summed E-state index contributed by atoms with van der Waals surface area (Å²) < 4.78 is 0. The van der Waals surface area contributed by atoms with Gasteiger partial charge in [-0.3, -0.25) is 10.1 Å². The van der Waals surface area contributed by atoms with Crippen LogP contribution in [0.5, 0.6) is 0 Å². The Labute approximate surface area is 70.8 Å². The van der Waals surface area contributed by atoms with Crippen molar-refractivity contribution in [1.82, 2.24) is 10.6 Å². The lowest BCUT2D eigenvalue weighted by Gasteiger charge is -2.41. The molecule has 0 aliphatic carbocycles. The first-order valence-electron chi connectivity index (χ1n) is 3.93. The van der Waals surface area contributed by atoms with Gasteiger partial charge in [0.1, 0.15) is 5.54 Å². The molecule has 0 amide bonds. The molecule has 0 aromatic heterocycles. The van der Waals surface area contributed by atoms with Gasteiger partial charge in [-0.05, 0) is 6.92 Å². The monoisotopic (exact) mass is 174 g/mol. The predicted octanol–water partition coefficient (Wildman–Crippen LogP) is -1.62. The van der Waals surface area contributed by atoms with E-state index in [2.05, 4.69) is 10.6 Å². The summed E-state index contributed by atoms with van der Waals surface area (Å²) in [6.45, 7) is 2.55. The number of carboxylic acid groups (broad SMARTS) is 1. The summed E-state index contributed by atoms with van der Waals surface area (Å²) in [4.78, 5) is 10.8. The molecule has 1 saturated heterocycles. The fourth-order valence-corrected chi connectivity index (χ4v) is 1.21. The second kappa shape index (κ2) is 3.38. The highest BCUT2D eigenvalue weighted by Crippen LogP contribution is 2.11. The van der Waals surface area contributed by atoms with Crippen molar-refractivity contribution in [3.05, 3.63) is 0 Å². The summed E-state index contributed by atoms with van der Waals surface area (Å²) in [7, 11) is 0. The Bertz CT molecular complexity index is 179. The van der Waals surface area contributed by atoms with Crippen LogP contribution in [0.1, 0.15) is 6.92 Å². The van der Waals surface area contributed by atoms with Gasteiger partial charge in [0.25, 0.3) is 0 Å². The van der Waals surface area contributed by atoms with Gasteiger partial charge >= 0.3 is 5.97 Å². The molecule has 1 atom stereocenters. The van der Waals surface area contributed by atoms with Gasteiger partial charge < -0.3 is 15.5 Å². The molecule has 12 heavy (non-hydrogen) atoms. The quantitative estimate of drug-likeness (QED) is 0.412. The van der Waals surface area contributed by atoms with Gasteiger partial charge in [-0.2, -0.15) is 0 Å². The van der Waals surface area contributed by atoms with E-state index in [1.165, 1.54) is 0 Å². The molecule has 5 heteroatoms. The predicted molar refractivity (Wildman–Crippen MR) is 42.9 cm³/mol. The maximum atomic E-state index is 10.8. The molecule has 0 aromatic carbocycles. The minimum Gasteiger partial charge on any atom is -0.480 e. The van der Waals surface area contributed by atoms with Gasteiger partial charge in [-0.15, -0.1) is 0 Å². The first-order valence-corrected chi connectivity index (χ1v) is 3.93. The van der Waals surface area contributed by atoms with E-state index in [0.29, 0.717) is 13.1 Å². The smallest absolute Gasteiger partial charge is 0.326 e. The zero-order valence-corrected chi connectivity index (χ0v) is 7.00. The number of carboxylic acids is 1. The fraction of sp³-hybridized carbons (Fsp3) is 0.857. The van der Waals surface area contributed by atoms with E-state index in [1.54, 1.807) is 6.92 Å². The summed E-state index contributed by atoms with van der Waals surface area (Å²) in [5, 5.41) is 23.3. The number of aliphatic hydroxyl groups excluding tert-OH is 1. The lowest BCUT2D eigenvalue weighted by Crippen LogP contribution is -2.73. The Balaban J connectivity index is 2.50. The largest absolute Gasteiger partial charge is 0.480 e. The minimum absolute atomic E-state index is 0.0466. The van der Waals surface area contributed by atoms with Crippen LogP contribution in [0.3, 0.4) is 0 Å². The van der Waals surface area contributed by atoms with E-state index in [1.807, 2.05) is 0 Å². The molecule has 1 aliphatic heterocycles. The first-order chi connectivity index (χ1) is 5.60. The third-order valence-electron chi connectivity index (χ3n) is 2.06. The molecule has 1 fully saturated rings. The van der Waals surface area contributed by atoms with Crippen molar-refractivity contribution in [2.24, 2.45) is 0 Å². The number of aliphatic carboxylic acids is 1. The van der Waals surface area contributed by atoms with Crippen molar-refractivity contribution in [2.75, 3.05) is 19.7 Å². The number of aliphatic hydroxyl groups is 1. The molecule has 1 unspecified atom stereocenters. The summed E-state index contributed by atoms with van der Waals surface area (Å²) in [6, 6.07) is -0.178. The standard InChI is InChI=1S/C7H14N2O3/c1-5(2-10)9-7(6(11)12)3-8-4-7/h5,8-10H,2-4H2,1H3,(H,11,12). The Hall–Kier alpha value is -0.650. The third kappa shape index (κ3) is 1.57. The lowest BCUT2D eigenvalue weighted by atomic mass is 9.92. The molecule has 4 N–H and O–H groups in total. The first kappa shape index (κ1) is 9.44. The number of hydrogen-bond donors (Lipinski definition) is 4. The molecule has 0 aromatic rings. The zero-order chi connectivity index (χ0) is 9.19. The Morgan fingerprint density at radius 1 is 1.75 bits per heavy atom. The summed E-state index contributed by atoms with van der Waals surface area (Å²) in [5.41, 5.74) is -0.859. The van der Waals surface area contributed by atoms with Gasteiger partial charge in [-0.1, -0.05) is 0 Å². The Kier molecular flexibility index (Phi) is 2.66. The van der Waals surface area contributed by atoms with E-state index >= 15 is 0 Å². The highest BCUT2D eigenvalue weighted by molar-refractivity contribution is 5.81.